The molecule has 0 spiro atoms. The molecule has 0 bridgehead atoms. The first-order valence-corrected chi connectivity index (χ1v) is 11.1. The molecule has 2 fully saturated rings. The van der Waals surface area contributed by atoms with Crippen molar-refractivity contribution in [2.24, 2.45) is 11.8 Å². The van der Waals surface area contributed by atoms with Crippen molar-refractivity contribution < 1.29 is 4.79 Å². The Kier molecular flexibility index (Phi) is 5.18. The van der Waals surface area contributed by atoms with Crippen LogP contribution in [0.5, 0.6) is 0 Å². The molecule has 2 aliphatic rings. The summed E-state index contributed by atoms with van der Waals surface area (Å²) in [6.45, 7) is 16.5. The third-order valence-corrected chi connectivity index (χ3v) is 6.60. The smallest absolute Gasteiger partial charge is 0.254 e. The molecule has 2 aromatic rings. The van der Waals surface area contributed by atoms with E-state index in [2.05, 4.69) is 44.8 Å². The van der Waals surface area contributed by atoms with Crippen LogP contribution in [-0.4, -0.2) is 51.8 Å². The van der Waals surface area contributed by atoms with Crippen LogP contribution in [0.4, 0.5) is 0 Å². The van der Waals surface area contributed by atoms with E-state index in [1.807, 2.05) is 17.7 Å². The highest BCUT2D eigenvalue weighted by Crippen LogP contribution is 2.32. The van der Waals surface area contributed by atoms with Crippen LogP contribution < -0.4 is 5.32 Å². The van der Waals surface area contributed by atoms with Gasteiger partial charge in [-0.05, 0) is 77.4 Å². The van der Waals surface area contributed by atoms with Gasteiger partial charge < -0.3 is 10.2 Å². The second-order valence-electron chi connectivity index (χ2n) is 10.2. The molecule has 1 amide bonds. The van der Waals surface area contributed by atoms with Gasteiger partial charge in [-0.2, -0.15) is 5.10 Å². The number of hydrogen-bond donors (Lipinski definition) is 1. The highest BCUT2D eigenvalue weighted by atomic mass is 16.2. The van der Waals surface area contributed by atoms with Crippen LogP contribution in [0, 0.1) is 18.8 Å². The minimum Gasteiger partial charge on any atom is -0.339 e. The lowest BCUT2D eigenvalue weighted by Gasteiger charge is -2.23. The van der Waals surface area contributed by atoms with Crippen molar-refractivity contribution in [3.05, 3.63) is 23.0 Å². The second kappa shape index (κ2) is 7.38. The van der Waals surface area contributed by atoms with E-state index in [-0.39, 0.29) is 17.4 Å². The standard InChI is InChI=1S/C23H35N5O/c1-14(2)19-11-18(20-15(3)26-28(21(20)25-19)23(4,5)6)22(29)27-9-7-16-12-24-13-17(16)8-10-27/h11,14,16-17,24H,7-10,12-13H2,1-6H3/t16-,17+. The van der Waals surface area contributed by atoms with Crippen LogP contribution in [0.3, 0.4) is 0 Å². The molecule has 6 heteroatoms. The van der Waals surface area contributed by atoms with Crippen LogP contribution in [0.1, 0.15) is 75.1 Å². The lowest BCUT2D eigenvalue weighted by molar-refractivity contribution is 0.0760. The average molecular weight is 398 g/mol. The maximum absolute atomic E-state index is 13.7. The minimum atomic E-state index is -0.192. The first kappa shape index (κ1) is 20.3. The molecule has 2 atom stereocenters. The maximum atomic E-state index is 13.7. The van der Waals surface area contributed by atoms with Crippen LogP contribution in [0.25, 0.3) is 11.0 Å². The van der Waals surface area contributed by atoms with E-state index in [4.69, 9.17) is 10.1 Å². The third-order valence-electron chi connectivity index (χ3n) is 6.60. The van der Waals surface area contributed by atoms with Crippen LogP contribution in [0.2, 0.25) is 0 Å². The molecule has 29 heavy (non-hydrogen) atoms. The Morgan fingerprint density at radius 1 is 1.17 bits per heavy atom. The van der Waals surface area contributed by atoms with Crippen molar-refractivity contribution >= 4 is 16.9 Å². The molecule has 0 saturated carbocycles. The number of pyridine rings is 1. The third kappa shape index (κ3) is 3.67. The first-order chi connectivity index (χ1) is 13.7. The monoisotopic (exact) mass is 397 g/mol. The zero-order valence-electron chi connectivity index (χ0n) is 18.7. The summed E-state index contributed by atoms with van der Waals surface area (Å²) in [5, 5.41) is 9.22. The van der Waals surface area contributed by atoms with Gasteiger partial charge in [0.1, 0.15) is 0 Å². The molecule has 4 rings (SSSR count). The van der Waals surface area contributed by atoms with E-state index in [0.717, 1.165) is 67.0 Å². The van der Waals surface area contributed by atoms with E-state index in [1.165, 1.54) is 0 Å². The predicted molar refractivity (Wildman–Crippen MR) is 116 cm³/mol. The molecule has 158 valence electrons. The molecule has 1 N–H and O–H groups in total. The van der Waals surface area contributed by atoms with E-state index in [9.17, 15) is 4.79 Å². The lowest BCUT2D eigenvalue weighted by atomic mass is 9.92. The predicted octanol–water partition coefficient (Wildman–Crippen LogP) is 3.69. The van der Waals surface area contributed by atoms with Crippen LogP contribution >= 0.6 is 0 Å². The molecular weight excluding hydrogens is 362 g/mol. The fourth-order valence-corrected chi connectivity index (χ4v) is 4.83. The Labute approximate surface area is 174 Å². The Bertz CT molecular complexity index is 909. The van der Waals surface area contributed by atoms with Gasteiger partial charge in [-0.1, -0.05) is 13.8 Å². The zero-order valence-corrected chi connectivity index (χ0v) is 18.7. The number of nitrogens with zero attached hydrogens (tertiary/aromatic N) is 4. The summed E-state index contributed by atoms with van der Waals surface area (Å²) < 4.78 is 1.98. The van der Waals surface area contributed by atoms with E-state index >= 15 is 0 Å². The van der Waals surface area contributed by atoms with Crippen molar-refractivity contribution in [1.29, 1.82) is 0 Å². The normalized spacial score (nSPS) is 22.9. The van der Waals surface area contributed by atoms with Gasteiger partial charge in [-0.15, -0.1) is 0 Å². The summed E-state index contributed by atoms with van der Waals surface area (Å²) in [5.41, 5.74) is 3.26. The molecule has 0 radical (unpaired) electrons. The summed E-state index contributed by atoms with van der Waals surface area (Å²) in [7, 11) is 0. The molecule has 0 unspecified atom stereocenters. The maximum Gasteiger partial charge on any atom is 0.254 e. The number of hydrogen-bond acceptors (Lipinski definition) is 4. The van der Waals surface area contributed by atoms with Gasteiger partial charge in [0.2, 0.25) is 0 Å². The summed E-state index contributed by atoms with van der Waals surface area (Å²) in [6.07, 6.45) is 2.18. The van der Waals surface area contributed by atoms with Gasteiger partial charge in [0, 0.05) is 18.8 Å². The fourth-order valence-electron chi connectivity index (χ4n) is 4.83. The second-order valence-corrected chi connectivity index (χ2v) is 10.2. The molecule has 6 nitrogen and oxygen atoms in total. The highest BCUT2D eigenvalue weighted by molar-refractivity contribution is 6.06. The molecule has 4 heterocycles. The molecule has 0 aliphatic carbocycles. The van der Waals surface area contributed by atoms with E-state index < -0.39 is 0 Å². The van der Waals surface area contributed by atoms with Crippen molar-refractivity contribution in [2.45, 2.75) is 65.8 Å². The summed E-state index contributed by atoms with van der Waals surface area (Å²) in [4.78, 5) is 20.7. The quantitative estimate of drug-likeness (QED) is 0.839. The Balaban J connectivity index is 1.77. The van der Waals surface area contributed by atoms with E-state index in [0.29, 0.717) is 11.8 Å². The SMILES string of the molecule is Cc1nn(C(C)(C)C)c2nc(C(C)C)cc(C(=O)N3CC[C@@H]4CNC[C@@H]4CC3)c12. The molecule has 0 aromatic carbocycles. The van der Waals surface area contributed by atoms with Gasteiger partial charge in [-0.3, -0.25) is 4.79 Å². The summed E-state index contributed by atoms with van der Waals surface area (Å²) in [6, 6.07) is 2.02. The number of rotatable bonds is 2. The van der Waals surface area contributed by atoms with Crippen molar-refractivity contribution in [3.63, 3.8) is 0 Å². The lowest BCUT2D eigenvalue weighted by Crippen LogP contribution is -2.33. The Morgan fingerprint density at radius 3 is 2.34 bits per heavy atom. The van der Waals surface area contributed by atoms with Crippen LogP contribution in [0.15, 0.2) is 6.07 Å². The molecule has 2 aliphatic heterocycles. The Morgan fingerprint density at radius 2 is 1.79 bits per heavy atom. The van der Waals surface area contributed by atoms with Gasteiger partial charge in [0.25, 0.3) is 5.91 Å². The summed E-state index contributed by atoms with van der Waals surface area (Å²) >= 11 is 0. The number of carbonyl (C=O) groups is 1. The van der Waals surface area contributed by atoms with Crippen molar-refractivity contribution in [1.82, 2.24) is 25.0 Å². The van der Waals surface area contributed by atoms with Crippen molar-refractivity contribution in [2.75, 3.05) is 26.2 Å². The number of nitrogens with one attached hydrogen (secondary N) is 1. The van der Waals surface area contributed by atoms with Gasteiger partial charge in [-0.25, -0.2) is 9.67 Å². The van der Waals surface area contributed by atoms with Gasteiger partial charge >= 0.3 is 0 Å². The molecule has 2 aromatic heterocycles. The number of amides is 1. The van der Waals surface area contributed by atoms with Crippen molar-refractivity contribution in [3.8, 4) is 0 Å². The molecular formula is C23H35N5O. The zero-order chi connectivity index (χ0) is 20.9. The highest BCUT2D eigenvalue weighted by Gasteiger charge is 2.33. The van der Waals surface area contributed by atoms with E-state index in [1.54, 1.807) is 0 Å². The number of aryl methyl sites for hydroxylation is 1. The average Bonchev–Trinajstić information content (AvgIpc) is 3.19. The Hall–Kier alpha value is -1.95. The summed E-state index contributed by atoms with van der Waals surface area (Å²) in [5.74, 6) is 1.82. The minimum absolute atomic E-state index is 0.142. The number of likely N-dealkylation sites (tertiary alicyclic amines) is 1. The van der Waals surface area contributed by atoms with Gasteiger partial charge in [0.05, 0.1) is 22.2 Å². The number of carbonyl (C=O) groups excluding carboxylic acids is 1. The topological polar surface area (TPSA) is 63.1 Å². The number of fused-ring (bicyclic) bond motifs is 2. The first-order valence-electron chi connectivity index (χ1n) is 11.1. The number of aromatic nitrogens is 3. The van der Waals surface area contributed by atoms with Crippen LogP contribution in [-0.2, 0) is 5.54 Å². The largest absolute Gasteiger partial charge is 0.339 e. The van der Waals surface area contributed by atoms with Gasteiger partial charge in [0.15, 0.2) is 5.65 Å². The molecule has 2 saturated heterocycles. The fraction of sp³-hybridized carbons (Fsp3) is 0.696.